The summed E-state index contributed by atoms with van der Waals surface area (Å²) in [6, 6.07) is 9.17. The number of rotatable bonds is 6. The van der Waals surface area contributed by atoms with Gasteiger partial charge in [-0.15, -0.1) is 0 Å². The van der Waals surface area contributed by atoms with E-state index in [1.807, 2.05) is 13.8 Å². The first-order chi connectivity index (χ1) is 9.07. The highest BCUT2D eigenvalue weighted by atomic mass is 35.5. The number of hydrogen-bond donors (Lipinski definition) is 1. The molecular weight excluding hydrogens is 260 g/mol. The van der Waals surface area contributed by atoms with Gasteiger partial charge in [0.2, 0.25) is 5.91 Å². The van der Waals surface area contributed by atoms with E-state index in [0.29, 0.717) is 23.6 Å². The molecule has 0 saturated heterocycles. The maximum absolute atomic E-state index is 12.4. The molecule has 1 N–H and O–H groups in total. The second-order valence-electron chi connectivity index (χ2n) is 4.66. The number of carbonyl (C=O) groups excluding carboxylic acids is 1. The van der Waals surface area contributed by atoms with E-state index < -0.39 is 5.41 Å². The predicted molar refractivity (Wildman–Crippen MR) is 77.9 cm³/mol. The lowest BCUT2D eigenvalue weighted by Gasteiger charge is -2.24. The highest BCUT2D eigenvalue weighted by molar-refractivity contribution is 6.30. The van der Waals surface area contributed by atoms with Gasteiger partial charge in [-0.3, -0.25) is 4.79 Å². The van der Waals surface area contributed by atoms with Gasteiger partial charge in [0.1, 0.15) is 5.41 Å². The minimum absolute atomic E-state index is 0.235. The summed E-state index contributed by atoms with van der Waals surface area (Å²) in [6.07, 6.45) is 2.75. The van der Waals surface area contributed by atoms with E-state index in [-0.39, 0.29) is 5.91 Å². The summed E-state index contributed by atoms with van der Waals surface area (Å²) < 4.78 is 0. The second kappa shape index (κ2) is 7.16. The Morgan fingerprint density at radius 2 is 2.00 bits per heavy atom. The summed E-state index contributed by atoms with van der Waals surface area (Å²) in [7, 11) is 0. The Morgan fingerprint density at radius 1 is 1.37 bits per heavy atom. The maximum atomic E-state index is 12.4. The number of nitriles is 1. The smallest absolute Gasteiger partial charge is 0.244 e. The highest BCUT2D eigenvalue weighted by Gasteiger charge is 2.36. The third-order valence-corrected chi connectivity index (χ3v) is 3.32. The molecule has 1 amide bonds. The third-order valence-electron chi connectivity index (χ3n) is 3.08. The molecule has 0 aliphatic carbocycles. The molecule has 0 fully saturated rings. The van der Waals surface area contributed by atoms with Crippen molar-refractivity contribution in [2.75, 3.05) is 5.32 Å². The van der Waals surface area contributed by atoms with Gasteiger partial charge in [0, 0.05) is 10.7 Å². The monoisotopic (exact) mass is 278 g/mol. The van der Waals surface area contributed by atoms with Crippen molar-refractivity contribution < 1.29 is 4.79 Å². The molecule has 19 heavy (non-hydrogen) atoms. The van der Waals surface area contributed by atoms with Crippen LogP contribution in [-0.2, 0) is 4.79 Å². The van der Waals surface area contributed by atoms with Crippen LogP contribution in [-0.4, -0.2) is 5.91 Å². The van der Waals surface area contributed by atoms with Crippen molar-refractivity contribution in [3.8, 4) is 6.07 Å². The molecule has 102 valence electrons. The van der Waals surface area contributed by atoms with Crippen molar-refractivity contribution in [2.45, 2.75) is 39.5 Å². The van der Waals surface area contributed by atoms with Crippen LogP contribution in [0.5, 0.6) is 0 Å². The van der Waals surface area contributed by atoms with Crippen LogP contribution in [0.4, 0.5) is 5.69 Å². The molecule has 0 atom stereocenters. The van der Waals surface area contributed by atoms with Gasteiger partial charge in [-0.05, 0) is 31.0 Å². The minimum atomic E-state index is -0.939. The number of halogens is 1. The van der Waals surface area contributed by atoms with Crippen molar-refractivity contribution in [2.24, 2.45) is 5.41 Å². The zero-order valence-electron chi connectivity index (χ0n) is 11.4. The van der Waals surface area contributed by atoms with Gasteiger partial charge in [0.15, 0.2) is 0 Å². The molecule has 4 heteroatoms. The quantitative estimate of drug-likeness (QED) is 0.839. The first-order valence-corrected chi connectivity index (χ1v) is 6.94. The van der Waals surface area contributed by atoms with Crippen LogP contribution >= 0.6 is 11.6 Å². The Morgan fingerprint density at radius 3 is 2.47 bits per heavy atom. The number of carbonyl (C=O) groups is 1. The van der Waals surface area contributed by atoms with Crippen molar-refractivity contribution in [1.82, 2.24) is 0 Å². The topological polar surface area (TPSA) is 52.9 Å². The fraction of sp³-hybridized carbons (Fsp3) is 0.467. The fourth-order valence-corrected chi connectivity index (χ4v) is 2.38. The molecule has 1 rings (SSSR count). The molecule has 0 aromatic heterocycles. The van der Waals surface area contributed by atoms with E-state index in [0.717, 1.165) is 12.8 Å². The van der Waals surface area contributed by atoms with Crippen molar-refractivity contribution in [1.29, 1.82) is 5.26 Å². The average Bonchev–Trinajstić information content (AvgIpc) is 2.38. The molecule has 0 unspecified atom stereocenters. The normalized spacial score (nSPS) is 10.8. The lowest BCUT2D eigenvalue weighted by Crippen LogP contribution is -2.35. The van der Waals surface area contributed by atoms with E-state index >= 15 is 0 Å². The van der Waals surface area contributed by atoms with Gasteiger partial charge in [-0.1, -0.05) is 44.4 Å². The molecular formula is C15H19ClN2O. The van der Waals surface area contributed by atoms with Crippen LogP contribution in [0.25, 0.3) is 0 Å². The Bertz CT molecular complexity index is 473. The van der Waals surface area contributed by atoms with Gasteiger partial charge >= 0.3 is 0 Å². The summed E-state index contributed by atoms with van der Waals surface area (Å²) >= 11 is 5.88. The minimum Gasteiger partial charge on any atom is -0.325 e. The van der Waals surface area contributed by atoms with Crippen LogP contribution < -0.4 is 5.32 Å². The number of nitrogens with zero attached hydrogens (tertiary/aromatic N) is 1. The Labute approximate surface area is 119 Å². The average molecular weight is 279 g/mol. The molecule has 0 radical (unpaired) electrons. The molecule has 1 aromatic carbocycles. The van der Waals surface area contributed by atoms with E-state index in [9.17, 15) is 10.1 Å². The number of anilines is 1. The van der Waals surface area contributed by atoms with Gasteiger partial charge in [-0.2, -0.15) is 5.26 Å². The number of benzene rings is 1. The lowest BCUT2D eigenvalue weighted by molar-refractivity contribution is -0.123. The summed E-state index contributed by atoms with van der Waals surface area (Å²) in [5.74, 6) is -0.235. The largest absolute Gasteiger partial charge is 0.325 e. The van der Waals surface area contributed by atoms with Gasteiger partial charge < -0.3 is 5.32 Å². The SMILES string of the molecule is CCCC(C#N)(CCC)C(=O)Nc1cccc(Cl)c1. The summed E-state index contributed by atoms with van der Waals surface area (Å²) in [5, 5.41) is 12.8. The Balaban J connectivity index is 2.91. The molecule has 0 aliphatic rings. The van der Waals surface area contributed by atoms with Crippen LogP contribution in [0.3, 0.4) is 0 Å². The van der Waals surface area contributed by atoms with Crippen LogP contribution in [0, 0.1) is 16.7 Å². The molecule has 0 saturated carbocycles. The van der Waals surface area contributed by atoms with E-state index in [4.69, 9.17) is 11.6 Å². The van der Waals surface area contributed by atoms with Gasteiger partial charge in [0.25, 0.3) is 0 Å². The molecule has 0 bridgehead atoms. The molecule has 1 aromatic rings. The first kappa shape index (κ1) is 15.5. The summed E-state index contributed by atoms with van der Waals surface area (Å²) in [6.45, 7) is 3.96. The van der Waals surface area contributed by atoms with E-state index in [1.54, 1.807) is 24.3 Å². The van der Waals surface area contributed by atoms with Crippen LogP contribution in [0.2, 0.25) is 5.02 Å². The Hall–Kier alpha value is -1.53. The predicted octanol–water partition coefficient (Wildman–Crippen LogP) is 4.39. The molecule has 0 spiro atoms. The van der Waals surface area contributed by atoms with Crippen LogP contribution in [0.15, 0.2) is 24.3 Å². The second-order valence-corrected chi connectivity index (χ2v) is 5.09. The van der Waals surface area contributed by atoms with Crippen molar-refractivity contribution >= 4 is 23.2 Å². The number of nitrogens with one attached hydrogen (secondary N) is 1. The molecule has 0 aliphatic heterocycles. The Kier molecular flexibility index (Phi) is 5.85. The van der Waals surface area contributed by atoms with Gasteiger partial charge in [0.05, 0.1) is 6.07 Å². The molecule has 3 nitrogen and oxygen atoms in total. The zero-order valence-corrected chi connectivity index (χ0v) is 12.1. The van der Waals surface area contributed by atoms with Crippen molar-refractivity contribution in [3.05, 3.63) is 29.3 Å². The lowest BCUT2D eigenvalue weighted by atomic mass is 9.79. The van der Waals surface area contributed by atoms with E-state index in [1.165, 1.54) is 0 Å². The standard InChI is InChI=1S/C15H19ClN2O/c1-3-8-15(11-17,9-4-2)14(19)18-13-7-5-6-12(16)10-13/h5-7,10H,3-4,8-9H2,1-2H3,(H,18,19). The third kappa shape index (κ3) is 3.97. The van der Waals surface area contributed by atoms with E-state index in [2.05, 4.69) is 11.4 Å². The zero-order chi connectivity index (χ0) is 14.3. The summed E-state index contributed by atoms with van der Waals surface area (Å²) in [4.78, 5) is 12.4. The fourth-order valence-electron chi connectivity index (χ4n) is 2.19. The molecule has 0 heterocycles. The maximum Gasteiger partial charge on any atom is 0.244 e. The van der Waals surface area contributed by atoms with Crippen LogP contribution in [0.1, 0.15) is 39.5 Å². The number of amides is 1. The van der Waals surface area contributed by atoms with Gasteiger partial charge in [-0.25, -0.2) is 0 Å². The van der Waals surface area contributed by atoms with Crippen molar-refractivity contribution in [3.63, 3.8) is 0 Å². The number of hydrogen-bond acceptors (Lipinski definition) is 2. The first-order valence-electron chi connectivity index (χ1n) is 6.56. The highest BCUT2D eigenvalue weighted by Crippen LogP contribution is 2.31. The summed E-state index contributed by atoms with van der Waals surface area (Å²) in [5.41, 5.74) is -0.310.